The van der Waals surface area contributed by atoms with Crippen molar-refractivity contribution in [1.29, 1.82) is 0 Å². The summed E-state index contributed by atoms with van der Waals surface area (Å²) in [6, 6.07) is 9.87. The van der Waals surface area contributed by atoms with Gasteiger partial charge in [-0.1, -0.05) is 6.07 Å². The standard InChI is InChI=1S/C19H12F3NO3S.Li/c20-19(21,22)14-4-1-11(2-5-14)17(24)23-16-6-3-12(9-15(16)18(25)26)13-7-8-27-10-13;/h1-10H,(H,23,24)(H,25,26);/q;+1/p-1. The first-order valence-electron chi connectivity index (χ1n) is 7.62. The average molecular weight is 397 g/mol. The van der Waals surface area contributed by atoms with Crippen LogP contribution in [0.1, 0.15) is 26.3 Å². The topological polar surface area (TPSA) is 69.2 Å². The molecule has 0 fully saturated rings. The molecule has 0 aliphatic heterocycles. The zero-order valence-corrected chi connectivity index (χ0v) is 15.4. The predicted octanol–water partition coefficient (Wildman–Crippen LogP) is 1.05. The third-order valence-electron chi connectivity index (χ3n) is 3.82. The van der Waals surface area contributed by atoms with Gasteiger partial charge in [-0.05, 0) is 64.4 Å². The molecule has 0 spiro atoms. The Morgan fingerprint density at radius 3 is 2.18 bits per heavy atom. The third-order valence-corrected chi connectivity index (χ3v) is 4.50. The van der Waals surface area contributed by atoms with Crippen LogP contribution >= 0.6 is 11.3 Å². The van der Waals surface area contributed by atoms with Crippen LogP contribution < -0.4 is 29.3 Å². The van der Waals surface area contributed by atoms with Crippen LogP contribution in [0.5, 0.6) is 0 Å². The van der Waals surface area contributed by atoms with Crippen LogP contribution in [0.4, 0.5) is 18.9 Å². The molecule has 0 radical (unpaired) electrons. The molecule has 0 atom stereocenters. The number of carboxylic acids is 1. The summed E-state index contributed by atoms with van der Waals surface area (Å²) in [6.45, 7) is 0. The van der Waals surface area contributed by atoms with E-state index in [2.05, 4.69) is 5.32 Å². The van der Waals surface area contributed by atoms with Gasteiger partial charge in [0.15, 0.2) is 0 Å². The molecule has 0 saturated heterocycles. The molecule has 0 unspecified atom stereocenters. The number of rotatable bonds is 4. The van der Waals surface area contributed by atoms with Gasteiger partial charge in [-0.3, -0.25) is 4.79 Å². The van der Waals surface area contributed by atoms with Crippen molar-refractivity contribution in [3.63, 3.8) is 0 Å². The van der Waals surface area contributed by atoms with Crippen molar-refractivity contribution in [2.24, 2.45) is 0 Å². The van der Waals surface area contributed by atoms with Crippen LogP contribution in [0.25, 0.3) is 11.1 Å². The molecule has 1 heterocycles. The van der Waals surface area contributed by atoms with E-state index in [-0.39, 0.29) is 35.7 Å². The number of halogens is 3. The summed E-state index contributed by atoms with van der Waals surface area (Å²) in [5, 5.41) is 17.5. The van der Waals surface area contributed by atoms with E-state index in [1.807, 2.05) is 16.8 Å². The molecule has 28 heavy (non-hydrogen) atoms. The SMILES string of the molecule is O=C(Nc1ccc(-c2ccsc2)cc1C(=O)[O-])c1ccc(C(F)(F)F)cc1.[Li+]. The Morgan fingerprint density at radius 2 is 1.64 bits per heavy atom. The van der Waals surface area contributed by atoms with Crippen molar-refractivity contribution < 1.29 is 46.7 Å². The van der Waals surface area contributed by atoms with E-state index in [1.165, 1.54) is 23.5 Å². The van der Waals surface area contributed by atoms with Gasteiger partial charge in [-0.2, -0.15) is 24.5 Å². The number of benzene rings is 2. The molecule has 0 saturated carbocycles. The third kappa shape index (κ3) is 4.84. The summed E-state index contributed by atoms with van der Waals surface area (Å²) >= 11 is 1.45. The monoisotopic (exact) mass is 397 g/mol. The predicted molar refractivity (Wildman–Crippen MR) is 93.5 cm³/mol. The van der Waals surface area contributed by atoms with E-state index >= 15 is 0 Å². The first-order chi connectivity index (χ1) is 12.8. The Bertz CT molecular complexity index is 987. The maximum Gasteiger partial charge on any atom is 1.00 e. The Hall–Kier alpha value is -2.53. The summed E-state index contributed by atoms with van der Waals surface area (Å²) in [4.78, 5) is 23.7. The fourth-order valence-electron chi connectivity index (χ4n) is 2.44. The van der Waals surface area contributed by atoms with Gasteiger partial charge in [0.25, 0.3) is 5.91 Å². The van der Waals surface area contributed by atoms with Gasteiger partial charge in [0, 0.05) is 11.1 Å². The van der Waals surface area contributed by atoms with Crippen molar-refractivity contribution in [1.82, 2.24) is 0 Å². The minimum Gasteiger partial charge on any atom is -0.545 e. The smallest absolute Gasteiger partial charge is 0.545 e. The molecule has 3 aromatic rings. The fraction of sp³-hybridized carbons (Fsp3) is 0.0526. The molecule has 1 amide bonds. The van der Waals surface area contributed by atoms with Gasteiger partial charge < -0.3 is 15.2 Å². The summed E-state index contributed by atoms with van der Waals surface area (Å²) in [5.74, 6) is -2.20. The van der Waals surface area contributed by atoms with Crippen LogP contribution in [0.2, 0.25) is 0 Å². The first-order valence-corrected chi connectivity index (χ1v) is 8.56. The molecule has 1 N–H and O–H groups in total. The average Bonchev–Trinajstić information content (AvgIpc) is 3.16. The Balaban J connectivity index is 0.00000280. The minimum absolute atomic E-state index is 0. The summed E-state index contributed by atoms with van der Waals surface area (Å²) in [6.07, 6.45) is -4.51. The zero-order valence-electron chi connectivity index (χ0n) is 14.5. The van der Waals surface area contributed by atoms with Crippen molar-refractivity contribution in [3.8, 4) is 11.1 Å². The number of nitrogens with one attached hydrogen (secondary N) is 1. The van der Waals surface area contributed by atoms with E-state index in [0.717, 1.165) is 29.8 Å². The van der Waals surface area contributed by atoms with Gasteiger partial charge in [0.05, 0.1) is 17.2 Å². The fourth-order valence-corrected chi connectivity index (χ4v) is 3.10. The quantitative estimate of drug-likeness (QED) is 0.670. The molecule has 2 aromatic carbocycles. The summed E-state index contributed by atoms with van der Waals surface area (Å²) in [7, 11) is 0. The second-order valence-electron chi connectivity index (χ2n) is 5.59. The summed E-state index contributed by atoms with van der Waals surface area (Å²) in [5.41, 5.74) is 0.327. The van der Waals surface area contributed by atoms with Crippen LogP contribution in [0.3, 0.4) is 0 Å². The maximum atomic E-state index is 12.6. The van der Waals surface area contributed by atoms with Crippen LogP contribution in [0.15, 0.2) is 59.3 Å². The van der Waals surface area contributed by atoms with Gasteiger partial charge in [0.2, 0.25) is 0 Å². The largest absolute Gasteiger partial charge is 1.00 e. The van der Waals surface area contributed by atoms with Gasteiger partial charge in [-0.15, -0.1) is 0 Å². The molecular weight excluding hydrogens is 386 g/mol. The van der Waals surface area contributed by atoms with Crippen molar-refractivity contribution >= 4 is 28.9 Å². The van der Waals surface area contributed by atoms with E-state index in [9.17, 15) is 27.9 Å². The van der Waals surface area contributed by atoms with E-state index < -0.39 is 23.6 Å². The maximum absolute atomic E-state index is 12.6. The molecular formula is C19H11F3LiNO3S. The molecule has 3 rings (SSSR count). The van der Waals surface area contributed by atoms with E-state index in [4.69, 9.17) is 0 Å². The number of carboxylic acid groups (broad SMARTS) is 1. The molecule has 9 heteroatoms. The van der Waals surface area contributed by atoms with Gasteiger partial charge in [-0.25, -0.2) is 0 Å². The molecule has 0 aliphatic rings. The van der Waals surface area contributed by atoms with Crippen molar-refractivity contribution in [2.75, 3.05) is 5.32 Å². The number of carbonyl (C=O) groups excluding carboxylic acids is 2. The van der Waals surface area contributed by atoms with Crippen LogP contribution in [-0.4, -0.2) is 11.9 Å². The second-order valence-corrected chi connectivity index (χ2v) is 6.37. The van der Waals surface area contributed by atoms with E-state index in [0.29, 0.717) is 5.56 Å². The van der Waals surface area contributed by atoms with Crippen LogP contribution in [0, 0.1) is 0 Å². The number of carbonyl (C=O) groups is 2. The normalized spacial score (nSPS) is 10.8. The number of anilines is 1. The number of aromatic carboxylic acids is 1. The zero-order chi connectivity index (χ0) is 19.6. The Labute approximate surface area is 174 Å². The number of thiophene rings is 1. The van der Waals surface area contributed by atoms with Crippen molar-refractivity contribution in [3.05, 3.63) is 76.0 Å². The minimum atomic E-state index is -4.51. The molecule has 1 aromatic heterocycles. The molecule has 0 bridgehead atoms. The second kappa shape index (κ2) is 8.65. The van der Waals surface area contributed by atoms with Gasteiger partial charge in [0.1, 0.15) is 0 Å². The number of amides is 1. The molecule has 4 nitrogen and oxygen atoms in total. The number of hydrogen-bond acceptors (Lipinski definition) is 4. The Kier molecular flexibility index (Phi) is 6.72. The van der Waals surface area contributed by atoms with Crippen LogP contribution in [-0.2, 0) is 6.18 Å². The molecule has 138 valence electrons. The van der Waals surface area contributed by atoms with Gasteiger partial charge >= 0.3 is 25.0 Å². The number of alkyl halides is 3. The number of hydrogen-bond donors (Lipinski definition) is 1. The first kappa shape index (κ1) is 21.8. The summed E-state index contributed by atoms with van der Waals surface area (Å²) < 4.78 is 37.8. The van der Waals surface area contributed by atoms with Crippen molar-refractivity contribution in [2.45, 2.75) is 6.18 Å². The Morgan fingerprint density at radius 1 is 0.964 bits per heavy atom. The van der Waals surface area contributed by atoms with E-state index in [1.54, 1.807) is 6.07 Å². The molecule has 0 aliphatic carbocycles.